The van der Waals surface area contributed by atoms with Crippen molar-refractivity contribution < 1.29 is 9.53 Å². The van der Waals surface area contributed by atoms with Crippen LogP contribution in [-0.4, -0.2) is 37.1 Å². The normalized spacial score (nSPS) is 19.1. The Morgan fingerprint density at radius 3 is 3.11 bits per heavy atom. The van der Waals surface area contributed by atoms with E-state index in [2.05, 4.69) is 10.6 Å². The van der Waals surface area contributed by atoms with Crippen LogP contribution in [0.25, 0.3) is 0 Å². The van der Waals surface area contributed by atoms with Gasteiger partial charge in [-0.05, 0) is 6.07 Å². The molecule has 0 radical (unpaired) electrons. The fourth-order valence-corrected chi connectivity index (χ4v) is 3.05. The molecule has 1 aromatic rings. The molecule has 1 atom stereocenters. The summed E-state index contributed by atoms with van der Waals surface area (Å²) in [4.78, 5) is 12.0. The highest BCUT2D eigenvalue weighted by atomic mass is 32.2. The minimum absolute atomic E-state index is 0.0588. The number of carbonyl (C=O) groups excluding carboxylic acids is 1. The molecular formula is C14H20N2O2S. The van der Waals surface area contributed by atoms with Crippen molar-refractivity contribution >= 4 is 23.4 Å². The van der Waals surface area contributed by atoms with E-state index in [1.807, 2.05) is 36.0 Å². The van der Waals surface area contributed by atoms with E-state index >= 15 is 0 Å². The van der Waals surface area contributed by atoms with Crippen LogP contribution in [0.15, 0.2) is 24.3 Å². The predicted molar refractivity (Wildman–Crippen MR) is 79.5 cm³/mol. The molecule has 1 saturated heterocycles. The van der Waals surface area contributed by atoms with Gasteiger partial charge in [-0.2, -0.15) is 11.8 Å². The lowest BCUT2D eigenvalue weighted by atomic mass is 10.1. The Balaban J connectivity index is 1.90. The number of rotatable bonds is 5. The minimum Gasteiger partial charge on any atom is -0.380 e. The highest BCUT2D eigenvalue weighted by Crippen LogP contribution is 2.17. The van der Waals surface area contributed by atoms with Gasteiger partial charge in [0.25, 0.3) is 0 Å². The van der Waals surface area contributed by atoms with Gasteiger partial charge in [-0.1, -0.05) is 18.2 Å². The number of benzene rings is 1. The van der Waals surface area contributed by atoms with Crippen LogP contribution in [0.2, 0.25) is 0 Å². The van der Waals surface area contributed by atoms with E-state index in [0.717, 1.165) is 29.3 Å². The number of para-hydroxylation sites is 1. The van der Waals surface area contributed by atoms with E-state index < -0.39 is 0 Å². The van der Waals surface area contributed by atoms with Crippen LogP contribution in [0.1, 0.15) is 12.0 Å². The van der Waals surface area contributed by atoms with Gasteiger partial charge in [0.15, 0.2) is 0 Å². The standard InChI is InChI=1S/C14H20N2O2S/c1-18-9-11-4-2-3-5-13(11)16-14(17)8-12-10-19-7-6-15-12/h2-5,12,15H,6-10H2,1H3,(H,16,17). The second-order valence-electron chi connectivity index (χ2n) is 4.57. The highest BCUT2D eigenvalue weighted by Gasteiger charge is 2.17. The summed E-state index contributed by atoms with van der Waals surface area (Å²) in [5, 5.41) is 6.34. The van der Waals surface area contributed by atoms with Crippen molar-refractivity contribution in [1.29, 1.82) is 0 Å². The third-order valence-electron chi connectivity index (χ3n) is 3.02. The van der Waals surface area contributed by atoms with E-state index in [9.17, 15) is 4.79 Å². The summed E-state index contributed by atoms with van der Waals surface area (Å²) in [6.07, 6.45) is 0.522. The maximum atomic E-state index is 12.0. The van der Waals surface area contributed by atoms with Gasteiger partial charge in [-0.25, -0.2) is 0 Å². The van der Waals surface area contributed by atoms with Crippen molar-refractivity contribution in [3.05, 3.63) is 29.8 Å². The summed E-state index contributed by atoms with van der Waals surface area (Å²) in [6.45, 7) is 1.50. The van der Waals surface area contributed by atoms with E-state index in [0.29, 0.717) is 13.0 Å². The van der Waals surface area contributed by atoms with E-state index in [1.54, 1.807) is 7.11 Å². The largest absolute Gasteiger partial charge is 0.380 e. The number of hydrogen-bond acceptors (Lipinski definition) is 4. The average molecular weight is 280 g/mol. The monoisotopic (exact) mass is 280 g/mol. The Morgan fingerprint density at radius 2 is 2.37 bits per heavy atom. The SMILES string of the molecule is COCc1ccccc1NC(=O)CC1CSCCN1. The Morgan fingerprint density at radius 1 is 1.53 bits per heavy atom. The van der Waals surface area contributed by atoms with Crippen molar-refractivity contribution in [2.45, 2.75) is 19.1 Å². The van der Waals surface area contributed by atoms with Crippen LogP contribution in [0.4, 0.5) is 5.69 Å². The zero-order valence-electron chi connectivity index (χ0n) is 11.1. The first-order chi connectivity index (χ1) is 9.29. The number of nitrogens with one attached hydrogen (secondary N) is 2. The van der Waals surface area contributed by atoms with Gasteiger partial charge < -0.3 is 15.4 Å². The second-order valence-corrected chi connectivity index (χ2v) is 5.72. The predicted octanol–water partition coefficient (Wildman–Crippen LogP) is 1.87. The van der Waals surface area contributed by atoms with Gasteiger partial charge >= 0.3 is 0 Å². The lowest BCUT2D eigenvalue weighted by Crippen LogP contribution is -2.39. The van der Waals surface area contributed by atoms with E-state index in [-0.39, 0.29) is 11.9 Å². The van der Waals surface area contributed by atoms with Crippen molar-refractivity contribution in [3.63, 3.8) is 0 Å². The second kappa shape index (κ2) is 7.53. The molecule has 2 rings (SSSR count). The first-order valence-electron chi connectivity index (χ1n) is 6.47. The quantitative estimate of drug-likeness (QED) is 0.864. The van der Waals surface area contributed by atoms with Crippen LogP contribution in [0, 0.1) is 0 Å². The summed E-state index contributed by atoms with van der Waals surface area (Å²) in [5.74, 6) is 2.20. The van der Waals surface area contributed by atoms with Gasteiger partial charge in [0.05, 0.1) is 6.61 Å². The Labute approximate surface area is 118 Å². The molecule has 1 heterocycles. The molecule has 104 valence electrons. The fourth-order valence-electron chi connectivity index (χ4n) is 2.10. The Bertz CT molecular complexity index is 420. The van der Waals surface area contributed by atoms with Gasteiger partial charge in [0.1, 0.15) is 0 Å². The van der Waals surface area contributed by atoms with Crippen molar-refractivity contribution in [2.24, 2.45) is 0 Å². The molecule has 0 bridgehead atoms. The molecule has 1 amide bonds. The smallest absolute Gasteiger partial charge is 0.225 e. The molecule has 1 aliphatic rings. The number of ether oxygens (including phenoxy) is 1. The molecular weight excluding hydrogens is 260 g/mol. The number of hydrogen-bond donors (Lipinski definition) is 2. The summed E-state index contributed by atoms with van der Waals surface area (Å²) in [5.41, 5.74) is 1.85. The van der Waals surface area contributed by atoms with Crippen LogP contribution >= 0.6 is 11.8 Å². The van der Waals surface area contributed by atoms with Crippen molar-refractivity contribution in [3.8, 4) is 0 Å². The first-order valence-corrected chi connectivity index (χ1v) is 7.63. The maximum absolute atomic E-state index is 12.0. The number of anilines is 1. The number of methoxy groups -OCH3 is 1. The molecule has 0 aliphatic carbocycles. The molecule has 5 heteroatoms. The lowest BCUT2D eigenvalue weighted by Gasteiger charge is -2.22. The molecule has 1 aromatic carbocycles. The zero-order chi connectivity index (χ0) is 13.5. The number of carbonyl (C=O) groups is 1. The highest BCUT2D eigenvalue weighted by molar-refractivity contribution is 7.99. The Hall–Kier alpha value is -1.04. The summed E-state index contributed by atoms with van der Waals surface area (Å²) >= 11 is 1.90. The maximum Gasteiger partial charge on any atom is 0.225 e. The van der Waals surface area contributed by atoms with Gasteiger partial charge in [-0.3, -0.25) is 4.79 Å². The van der Waals surface area contributed by atoms with Gasteiger partial charge in [-0.15, -0.1) is 0 Å². The molecule has 0 aromatic heterocycles. The lowest BCUT2D eigenvalue weighted by molar-refractivity contribution is -0.116. The minimum atomic E-state index is 0.0588. The molecule has 1 fully saturated rings. The fraction of sp³-hybridized carbons (Fsp3) is 0.500. The van der Waals surface area contributed by atoms with Crippen LogP contribution in [0.5, 0.6) is 0 Å². The van der Waals surface area contributed by atoms with Crippen LogP contribution in [0.3, 0.4) is 0 Å². The van der Waals surface area contributed by atoms with Crippen molar-refractivity contribution in [2.75, 3.05) is 30.5 Å². The molecule has 1 unspecified atom stereocenters. The van der Waals surface area contributed by atoms with E-state index in [4.69, 9.17) is 4.74 Å². The van der Waals surface area contributed by atoms with Gasteiger partial charge in [0, 0.05) is 48.9 Å². The summed E-state index contributed by atoms with van der Waals surface area (Å²) < 4.78 is 5.13. The van der Waals surface area contributed by atoms with Crippen LogP contribution in [-0.2, 0) is 16.1 Å². The molecule has 1 aliphatic heterocycles. The summed E-state index contributed by atoms with van der Waals surface area (Å²) in [6, 6.07) is 8.03. The van der Waals surface area contributed by atoms with Crippen molar-refractivity contribution in [1.82, 2.24) is 5.32 Å². The van der Waals surface area contributed by atoms with Gasteiger partial charge in [0.2, 0.25) is 5.91 Å². The number of amides is 1. The molecule has 0 saturated carbocycles. The molecule has 0 spiro atoms. The van der Waals surface area contributed by atoms with E-state index in [1.165, 1.54) is 0 Å². The Kier molecular flexibility index (Phi) is 5.69. The number of thioether (sulfide) groups is 1. The van der Waals surface area contributed by atoms with Crippen LogP contribution < -0.4 is 10.6 Å². The third-order valence-corrected chi connectivity index (χ3v) is 4.15. The molecule has 2 N–H and O–H groups in total. The molecule has 19 heavy (non-hydrogen) atoms. The topological polar surface area (TPSA) is 50.4 Å². The summed E-state index contributed by atoms with van der Waals surface area (Å²) in [7, 11) is 1.65. The zero-order valence-corrected chi connectivity index (χ0v) is 12.0. The molecule has 4 nitrogen and oxygen atoms in total. The average Bonchev–Trinajstić information content (AvgIpc) is 2.42. The third kappa shape index (κ3) is 4.53. The first kappa shape index (κ1) is 14.4.